The fourth-order valence-electron chi connectivity index (χ4n) is 2.17. The minimum atomic E-state index is -0.145. The zero-order chi connectivity index (χ0) is 12.8. The third-order valence-electron chi connectivity index (χ3n) is 3.15. The molecule has 2 rings (SSSR count). The van der Waals surface area contributed by atoms with Crippen molar-refractivity contribution in [1.82, 2.24) is 0 Å². The second-order valence-electron chi connectivity index (χ2n) is 4.60. The number of benzene rings is 1. The molecule has 1 N–H and O–H groups in total. The first-order valence-corrected chi connectivity index (χ1v) is 6.79. The number of nitrogens with one attached hydrogen (secondary N) is 1. The monoisotopic (exact) mass is 267 g/mol. The summed E-state index contributed by atoms with van der Waals surface area (Å²) in [5, 5.41) is 3.30. The van der Waals surface area contributed by atoms with Crippen LogP contribution in [-0.2, 0) is 9.53 Å². The molecule has 0 saturated heterocycles. The van der Waals surface area contributed by atoms with E-state index in [1.807, 2.05) is 12.1 Å². The Labute approximate surface area is 112 Å². The van der Waals surface area contributed by atoms with Crippen LogP contribution in [0.5, 0.6) is 0 Å². The molecule has 0 spiro atoms. The molecule has 1 fully saturated rings. The Morgan fingerprint density at radius 1 is 1.28 bits per heavy atom. The lowest BCUT2D eigenvalue weighted by molar-refractivity contribution is -0.123. The van der Waals surface area contributed by atoms with Crippen molar-refractivity contribution in [3.63, 3.8) is 0 Å². The SMILES string of the molecule is O=C(COC1CCCCC1)Nc1ccccc1Cl. The van der Waals surface area contributed by atoms with Gasteiger partial charge in [-0.2, -0.15) is 0 Å². The van der Waals surface area contributed by atoms with Crippen LogP contribution in [0.1, 0.15) is 32.1 Å². The average molecular weight is 268 g/mol. The zero-order valence-electron chi connectivity index (χ0n) is 10.3. The zero-order valence-corrected chi connectivity index (χ0v) is 11.1. The Bertz CT molecular complexity index is 403. The predicted octanol–water partition coefficient (Wildman–Crippen LogP) is 3.63. The molecule has 0 radical (unpaired) electrons. The number of anilines is 1. The predicted molar refractivity (Wildman–Crippen MR) is 72.9 cm³/mol. The molecule has 0 aliphatic heterocycles. The van der Waals surface area contributed by atoms with Crippen LogP contribution in [0.4, 0.5) is 5.69 Å². The molecule has 1 aromatic rings. The number of halogens is 1. The highest BCUT2D eigenvalue weighted by Crippen LogP contribution is 2.21. The van der Waals surface area contributed by atoms with Gasteiger partial charge >= 0.3 is 0 Å². The lowest BCUT2D eigenvalue weighted by atomic mass is 9.98. The summed E-state index contributed by atoms with van der Waals surface area (Å²) in [6, 6.07) is 7.19. The number of carbonyl (C=O) groups is 1. The maximum atomic E-state index is 11.7. The first kappa shape index (κ1) is 13.4. The molecule has 1 amide bonds. The highest BCUT2D eigenvalue weighted by atomic mass is 35.5. The van der Waals surface area contributed by atoms with E-state index < -0.39 is 0 Å². The van der Waals surface area contributed by atoms with Crippen molar-refractivity contribution in [3.8, 4) is 0 Å². The fourth-order valence-corrected chi connectivity index (χ4v) is 2.36. The van der Waals surface area contributed by atoms with Crippen LogP contribution in [0, 0.1) is 0 Å². The molecule has 1 aliphatic carbocycles. The Balaban J connectivity index is 1.76. The van der Waals surface area contributed by atoms with Crippen LogP contribution < -0.4 is 5.32 Å². The van der Waals surface area contributed by atoms with E-state index in [2.05, 4.69) is 5.32 Å². The van der Waals surface area contributed by atoms with Gasteiger partial charge in [0, 0.05) is 0 Å². The summed E-state index contributed by atoms with van der Waals surface area (Å²) in [7, 11) is 0. The lowest BCUT2D eigenvalue weighted by Gasteiger charge is -2.21. The van der Waals surface area contributed by atoms with E-state index >= 15 is 0 Å². The number of hydrogen-bond donors (Lipinski definition) is 1. The molecule has 4 heteroatoms. The number of rotatable bonds is 4. The van der Waals surface area contributed by atoms with Crippen molar-refractivity contribution in [3.05, 3.63) is 29.3 Å². The number of ether oxygens (including phenoxy) is 1. The summed E-state index contributed by atoms with van der Waals surface area (Å²) < 4.78 is 5.60. The van der Waals surface area contributed by atoms with E-state index in [0.29, 0.717) is 10.7 Å². The lowest BCUT2D eigenvalue weighted by Crippen LogP contribution is -2.24. The van der Waals surface area contributed by atoms with E-state index in [9.17, 15) is 4.79 Å². The van der Waals surface area contributed by atoms with Crippen molar-refractivity contribution >= 4 is 23.2 Å². The van der Waals surface area contributed by atoms with Gasteiger partial charge in [-0.25, -0.2) is 0 Å². The molecule has 0 heterocycles. The van der Waals surface area contributed by atoms with Crippen LogP contribution >= 0.6 is 11.6 Å². The molecule has 0 bridgehead atoms. The smallest absolute Gasteiger partial charge is 0.250 e. The average Bonchev–Trinajstić information content (AvgIpc) is 2.40. The van der Waals surface area contributed by atoms with Crippen LogP contribution in [0.3, 0.4) is 0 Å². The Hall–Kier alpha value is -1.06. The fraction of sp³-hybridized carbons (Fsp3) is 0.500. The van der Waals surface area contributed by atoms with E-state index in [1.54, 1.807) is 12.1 Å². The molecule has 1 saturated carbocycles. The van der Waals surface area contributed by atoms with Gasteiger partial charge in [0.15, 0.2) is 0 Å². The molecule has 98 valence electrons. The minimum absolute atomic E-state index is 0.107. The van der Waals surface area contributed by atoms with Gasteiger partial charge in [0.05, 0.1) is 16.8 Å². The molecular weight excluding hydrogens is 250 g/mol. The number of carbonyl (C=O) groups excluding carboxylic acids is 1. The maximum Gasteiger partial charge on any atom is 0.250 e. The van der Waals surface area contributed by atoms with E-state index in [0.717, 1.165) is 12.8 Å². The Morgan fingerprint density at radius 2 is 2.00 bits per heavy atom. The van der Waals surface area contributed by atoms with Crippen molar-refractivity contribution < 1.29 is 9.53 Å². The van der Waals surface area contributed by atoms with Gasteiger partial charge in [0.1, 0.15) is 6.61 Å². The molecule has 18 heavy (non-hydrogen) atoms. The van der Waals surface area contributed by atoms with Gasteiger partial charge in [-0.1, -0.05) is 43.0 Å². The normalized spacial score (nSPS) is 16.5. The van der Waals surface area contributed by atoms with Crippen LogP contribution in [0.25, 0.3) is 0 Å². The Kier molecular flexibility index (Phi) is 5.02. The number of hydrogen-bond acceptors (Lipinski definition) is 2. The van der Waals surface area contributed by atoms with Gasteiger partial charge in [-0.3, -0.25) is 4.79 Å². The van der Waals surface area contributed by atoms with Crippen LogP contribution in [0.2, 0.25) is 5.02 Å². The standard InChI is InChI=1S/C14H18ClNO2/c15-12-8-4-5-9-13(12)16-14(17)10-18-11-6-2-1-3-7-11/h4-5,8-9,11H,1-3,6-7,10H2,(H,16,17). The number of amides is 1. The quantitative estimate of drug-likeness (QED) is 0.905. The molecule has 3 nitrogen and oxygen atoms in total. The first-order chi connectivity index (χ1) is 8.75. The summed E-state index contributed by atoms with van der Waals surface area (Å²) >= 11 is 5.96. The molecule has 1 aromatic carbocycles. The Morgan fingerprint density at radius 3 is 2.72 bits per heavy atom. The first-order valence-electron chi connectivity index (χ1n) is 6.41. The van der Waals surface area contributed by atoms with Crippen molar-refractivity contribution in [2.45, 2.75) is 38.2 Å². The summed E-state index contributed by atoms with van der Waals surface area (Å²) in [5.74, 6) is -0.145. The van der Waals surface area contributed by atoms with Gasteiger partial charge in [-0.15, -0.1) is 0 Å². The maximum absolute atomic E-state index is 11.7. The molecule has 0 atom stereocenters. The molecule has 1 aliphatic rings. The van der Waals surface area contributed by atoms with Gasteiger partial charge in [-0.05, 0) is 25.0 Å². The minimum Gasteiger partial charge on any atom is -0.368 e. The third kappa shape index (κ3) is 4.00. The summed E-state index contributed by atoms with van der Waals surface area (Å²) in [6.07, 6.45) is 6.08. The highest BCUT2D eigenvalue weighted by molar-refractivity contribution is 6.33. The van der Waals surface area contributed by atoms with Crippen molar-refractivity contribution in [1.29, 1.82) is 0 Å². The van der Waals surface area contributed by atoms with Gasteiger partial charge < -0.3 is 10.1 Å². The molecular formula is C14H18ClNO2. The summed E-state index contributed by atoms with van der Waals surface area (Å²) in [4.78, 5) is 11.7. The van der Waals surface area contributed by atoms with Crippen molar-refractivity contribution in [2.24, 2.45) is 0 Å². The third-order valence-corrected chi connectivity index (χ3v) is 3.48. The molecule has 0 aromatic heterocycles. The summed E-state index contributed by atoms with van der Waals surface area (Å²) in [6.45, 7) is 0.107. The van der Waals surface area contributed by atoms with E-state index in [-0.39, 0.29) is 18.6 Å². The number of para-hydroxylation sites is 1. The molecule has 0 unspecified atom stereocenters. The van der Waals surface area contributed by atoms with Gasteiger partial charge in [0.2, 0.25) is 5.91 Å². The van der Waals surface area contributed by atoms with E-state index in [4.69, 9.17) is 16.3 Å². The van der Waals surface area contributed by atoms with Crippen LogP contribution in [-0.4, -0.2) is 18.6 Å². The second kappa shape index (κ2) is 6.76. The largest absolute Gasteiger partial charge is 0.368 e. The highest BCUT2D eigenvalue weighted by Gasteiger charge is 2.15. The van der Waals surface area contributed by atoms with Crippen LogP contribution in [0.15, 0.2) is 24.3 Å². The van der Waals surface area contributed by atoms with Gasteiger partial charge in [0.25, 0.3) is 0 Å². The van der Waals surface area contributed by atoms with E-state index in [1.165, 1.54) is 19.3 Å². The summed E-state index contributed by atoms with van der Waals surface area (Å²) in [5.41, 5.74) is 0.636. The van der Waals surface area contributed by atoms with Crippen molar-refractivity contribution in [2.75, 3.05) is 11.9 Å². The topological polar surface area (TPSA) is 38.3 Å². The second-order valence-corrected chi connectivity index (χ2v) is 5.01.